The Morgan fingerprint density at radius 3 is 3.20 bits per heavy atom. The molecule has 2 aromatic heterocycles. The van der Waals surface area contributed by atoms with Crippen molar-refractivity contribution in [1.82, 2.24) is 9.38 Å². The van der Waals surface area contributed by atoms with Crippen LogP contribution in [0.1, 0.15) is 30.9 Å². The molecule has 15 heavy (non-hydrogen) atoms. The summed E-state index contributed by atoms with van der Waals surface area (Å²) in [6.45, 7) is 0. The van der Waals surface area contributed by atoms with Crippen molar-refractivity contribution in [3.8, 4) is 0 Å². The molecule has 3 rings (SSSR count). The van der Waals surface area contributed by atoms with Gasteiger partial charge in [-0.05, 0) is 18.4 Å². The Bertz CT molecular complexity index is 473. The van der Waals surface area contributed by atoms with E-state index in [1.54, 1.807) is 6.33 Å². The molecule has 1 fully saturated rings. The maximum Gasteiger partial charge on any atom is 0.0992 e. The third-order valence-corrected chi connectivity index (χ3v) is 3.10. The van der Waals surface area contributed by atoms with Crippen LogP contribution in [0.3, 0.4) is 0 Å². The molecule has 1 aliphatic carbocycles. The first-order valence-electron chi connectivity index (χ1n) is 5.43. The van der Waals surface area contributed by atoms with Crippen LogP contribution >= 0.6 is 0 Å². The minimum atomic E-state index is -0.335. The lowest BCUT2D eigenvalue weighted by Gasteiger charge is -2.11. The van der Waals surface area contributed by atoms with Crippen molar-refractivity contribution in [2.75, 3.05) is 0 Å². The van der Waals surface area contributed by atoms with Gasteiger partial charge in [-0.2, -0.15) is 0 Å². The molecule has 0 bridgehead atoms. The number of imidazole rings is 1. The number of fused-ring (bicyclic) bond motifs is 1. The van der Waals surface area contributed by atoms with Gasteiger partial charge in [-0.15, -0.1) is 0 Å². The van der Waals surface area contributed by atoms with Gasteiger partial charge in [-0.25, -0.2) is 4.98 Å². The zero-order chi connectivity index (χ0) is 10.3. The van der Waals surface area contributed by atoms with Gasteiger partial charge < -0.3 is 9.51 Å². The molecule has 1 aliphatic rings. The highest BCUT2D eigenvalue weighted by Gasteiger charge is 2.25. The van der Waals surface area contributed by atoms with Crippen LogP contribution in [-0.4, -0.2) is 14.5 Å². The van der Waals surface area contributed by atoms with E-state index in [0.29, 0.717) is 0 Å². The summed E-state index contributed by atoms with van der Waals surface area (Å²) in [7, 11) is 0. The maximum atomic E-state index is 10.1. The van der Waals surface area contributed by atoms with Gasteiger partial charge in [-0.3, -0.25) is 0 Å². The maximum absolute atomic E-state index is 10.1. The highest BCUT2D eigenvalue weighted by molar-refractivity contribution is 5.54. The quantitative estimate of drug-likeness (QED) is 0.828. The van der Waals surface area contributed by atoms with Crippen molar-refractivity contribution in [2.24, 2.45) is 5.92 Å². The fourth-order valence-corrected chi connectivity index (χ4v) is 2.05. The number of nitrogens with zero attached hydrogens (tertiary/aromatic N) is 2. The molecule has 2 aromatic rings. The number of aliphatic hydroxyl groups is 1. The van der Waals surface area contributed by atoms with Crippen molar-refractivity contribution >= 4 is 5.52 Å². The lowest BCUT2D eigenvalue weighted by Crippen LogP contribution is -2.00. The summed E-state index contributed by atoms with van der Waals surface area (Å²) < 4.78 is 1.95. The first kappa shape index (κ1) is 8.92. The fourth-order valence-electron chi connectivity index (χ4n) is 2.05. The lowest BCUT2D eigenvalue weighted by atomic mass is 10.0. The third kappa shape index (κ3) is 1.63. The summed E-state index contributed by atoms with van der Waals surface area (Å²) in [6, 6.07) is 3.95. The van der Waals surface area contributed by atoms with Gasteiger partial charge in [0.05, 0.1) is 24.1 Å². The van der Waals surface area contributed by atoms with Crippen molar-refractivity contribution in [1.29, 1.82) is 0 Å². The summed E-state index contributed by atoms with van der Waals surface area (Å²) in [5.41, 5.74) is 2.02. The van der Waals surface area contributed by atoms with E-state index < -0.39 is 0 Å². The SMILES string of the molecule is OC(CC1CC1)c1cccn2cncc12. The Balaban J connectivity index is 1.97. The minimum Gasteiger partial charge on any atom is -0.388 e. The molecule has 0 radical (unpaired) electrons. The molecule has 78 valence electrons. The van der Waals surface area contributed by atoms with Gasteiger partial charge in [0.15, 0.2) is 0 Å². The summed E-state index contributed by atoms with van der Waals surface area (Å²) in [5.74, 6) is 0.739. The number of rotatable bonds is 3. The normalized spacial score (nSPS) is 18.2. The predicted octanol–water partition coefficient (Wildman–Crippen LogP) is 2.17. The van der Waals surface area contributed by atoms with Gasteiger partial charge in [0.1, 0.15) is 0 Å². The molecular formula is C12H14N2O. The monoisotopic (exact) mass is 202 g/mol. The standard InChI is InChI=1S/C12H14N2O/c15-12(6-9-3-4-9)10-2-1-5-14-8-13-7-11(10)14/h1-2,5,7-9,12,15H,3-4,6H2. The average Bonchev–Trinajstić information content (AvgIpc) is 2.93. The molecule has 1 unspecified atom stereocenters. The molecule has 1 N–H and O–H groups in total. The molecule has 0 saturated heterocycles. The Hall–Kier alpha value is -1.35. The molecule has 0 amide bonds. The number of hydrogen-bond donors (Lipinski definition) is 1. The molecule has 1 saturated carbocycles. The highest BCUT2D eigenvalue weighted by Crippen LogP contribution is 2.38. The number of aliphatic hydroxyl groups excluding tert-OH is 1. The highest BCUT2D eigenvalue weighted by atomic mass is 16.3. The predicted molar refractivity (Wildman–Crippen MR) is 57.5 cm³/mol. The van der Waals surface area contributed by atoms with Crippen LogP contribution < -0.4 is 0 Å². The van der Waals surface area contributed by atoms with Crippen LogP contribution in [0.25, 0.3) is 5.52 Å². The van der Waals surface area contributed by atoms with Gasteiger partial charge in [-0.1, -0.05) is 18.9 Å². The van der Waals surface area contributed by atoms with E-state index in [9.17, 15) is 5.11 Å². The minimum absolute atomic E-state index is 0.335. The van der Waals surface area contributed by atoms with E-state index in [4.69, 9.17) is 0 Å². The molecule has 0 aliphatic heterocycles. The lowest BCUT2D eigenvalue weighted by molar-refractivity contribution is 0.161. The van der Waals surface area contributed by atoms with Crippen molar-refractivity contribution in [3.05, 3.63) is 36.4 Å². The summed E-state index contributed by atoms with van der Waals surface area (Å²) in [4.78, 5) is 4.09. The first-order valence-corrected chi connectivity index (χ1v) is 5.43. The van der Waals surface area contributed by atoms with E-state index in [-0.39, 0.29) is 6.10 Å². The number of aromatic nitrogens is 2. The number of hydrogen-bond acceptors (Lipinski definition) is 2. The second kappa shape index (κ2) is 3.35. The van der Waals surface area contributed by atoms with E-state index in [0.717, 1.165) is 23.4 Å². The summed E-state index contributed by atoms with van der Waals surface area (Å²) >= 11 is 0. The zero-order valence-electron chi connectivity index (χ0n) is 8.50. The fraction of sp³-hybridized carbons (Fsp3) is 0.417. The molecule has 0 aromatic carbocycles. The topological polar surface area (TPSA) is 37.5 Å². The Labute approximate surface area is 88.4 Å². The van der Waals surface area contributed by atoms with Crippen LogP contribution in [0.4, 0.5) is 0 Å². The van der Waals surface area contributed by atoms with Crippen LogP contribution in [0.2, 0.25) is 0 Å². The largest absolute Gasteiger partial charge is 0.388 e. The van der Waals surface area contributed by atoms with Crippen LogP contribution in [0, 0.1) is 5.92 Å². The van der Waals surface area contributed by atoms with E-state index >= 15 is 0 Å². The third-order valence-electron chi connectivity index (χ3n) is 3.10. The Morgan fingerprint density at radius 1 is 1.53 bits per heavy atom. The second-order valence-electron chi connectivity index (χ2n) is 4.34. The molecule has 2 heterocycles. The second-order valence-corrected chi connectivity index (χ2v) is 4.34. The van der Waals surface area contributed by atoms with Gasteiger partial charge in [0.2, 0.25) is 0 Å². The van der Waals surface area contributed by atoms with Crippen LogP contribution in [-0.2, 0) is 0 Å². The summed E-state index contributed by atoms with van der Waals surface area (Å²) in [6.07, 6.45) is 8.64. The molecule has 3 heteroatoms. The van der Waals surface area contributed by atoms with E-state index in [1.807, 2.05) is 28.9 Å². The van der Waals surface area contributed by atoms with Crippen LogP contribution in [0.5, 0.6) is 0 Å². The van der Waals surface area contributed by atoms with Crippen LogP contribution in [0.15, 0.2) is 30.9 Å². The van der Waals surface area contributed by atoms with E-state index in [1.165, 1.54) is 12.8 Å². The number of pyridine rings is 1. The molecule has 1 atom stereocenters. The zero-order valence-corrected chi connectivity index (χ0v) is 8.50. The van der Waals surface area contributed by atoms with Gasteiger partial charge >= 0.3 is 0 Å². The molecule has 0 spiro atoms. The van der Waals surface area contributed by atoms with Gasteiger partial charge in [0.25, 0.3) is 0 Å². The molecule has 3 nitrogen and oxygen atoms in total. The first-order chi connectivity index (χ1) is 7.34. The summed E-state index contributed by atoms with van der Waals surface area (Å²) in [5, 5.41) is 10.1. The smallest absolute Gasteiger partial charge is 0.0992 e. The van der Waals surface area contributed by atoms with Crippen molar-refractivity contribution < 1.29 is 5.11 Å². The average molecular weight is 202 g/mol. The Morgan fingerprint density at radius 2 is 2.40 bits per heavy atom. The van der Waals surface area contributed by atoms with E-state index in [2.05, 4.69) is 4.98 Å². The van der Waals surface area contributed by atoms with Gasteiger partial charge in [0, 0.05) is 11.8 Å². The van der Waals surface area contributed by atoms with Crippen molar-refractivity contribution in [2.45, 2.75) is 25.4 Å². The van der Waals surface area contributed by atoms with Crippen molar-refractivity contribution in [3.63, 3.8) is 0 Å². The molecular weight excluding hydrogens is 188 g/mol. The Kier molecular flexibility index (Phi) is 1.99.